The Morgan fingerprint density at radius 3 is 1.67 bits per heavy atom. The van der Waals surface area contributed by atoms with Crippen LogP contribution in [0.5, 0.6) is 0 Å². The average Bonchev–Trinajstić information content (AvgIpc) is 3.17. The Kier molecular flexibility index (Phi) is 3.88. The zero-order valence-electron chi connectivity index (χ0n) is 13.1. The maximum atomic E-state index is 11.7. The normalized spacial score (nSPS) is 29.2. The van der Waals surface area contributed by atoms with E-state index < -0.39 is 39.4 Å². The first kappa shape index (κ1) is 16.2. The SMILES string of the molecule is CC1(C)[C@H]([N+](=O)[O-])[C@H](c2ccco2)N[C@@H](c2ccco2)[C@H]1[N+](=O)[O-]. The highest BCUT2D eigenvalue weighted by Crippen LogP contribution is 2.46. The number of rotatable bonds is 4. The number of furan rings is 2. The van der Waals surface area contributed by atoms with E-state index in [0.29, 0.717) is 11.5 Å². The number of nitrogens with zero attached hydrogens (tertiary/aromatic N) is 2. The van der Waals surface area contributed by atoms with Crippen LogP contribution < -0.4 is 5.32 Å². The topological polar surface area (TPSA) is 125 Å². The Bertz CT molecular complexity index is 664. The molecule has 0 saturated carbocycles. The summed E-state index contributed by atoms with van der Waals surface area (Å²) in [6.07, 6.45) is 2.84. The molecule has 1 saturated heterocycles. The Hall–Kier alpha value is -2.68. The lowest BCUT2D eigenvalue weighted by atomic mass is 9.68. The lowest BCUT2D eigenvalue weighted by molar-refractivity contribution is -0.605. The lowest BCUT2D eigenvalue weighted by Gasteiger charge is -2.42. The molecule has 3 heterocycles. The summed E-state index contributed by atoms with van der Waals surface area (Å²) < 4.78 is 10.7. The fourth-order valence-electron chi connectivity index (χ4n) is 3.61. The van der Waals surface area contributed by atoms with Gasteiger partial charge in [-0.3, -0.25) is 25.5 Å². The fraction of sp³-hybridized carbons (Fsp3) is 0.467. The summed E-state index contributed by atoms with van der Waals surface area (Å²) in [6, 6.07) is 2.42. The van der Waals surface area contributed by atoms with Crippen LogP contribution in [0, 0.1) is 25.6 Å². The van der Waals surface area contributed by atoms with Crippen molar-refractivity contribution in [2.24, 2.45) is 5.41 Å². The molecule has 4 atom stereocenters. The van der Waals surface area contributed by atoms with E-state index in [2.05, 4.69) is 5.32 Å². The van der Waals surface area contributed by atoms with Gasteiger partial charge in [0.25, 0.3) is 0 Å². The van der Waals surface area contributed by atoms with Gasteiger partial charge >= 0.3 is 0 Å². The summed E-state index contributed by atoms with van der Waals surface area (Å²) in [5.41, 5.74) is -1.24. The minimum Gasteiger partial charge on any atom is -0.467 e. The van der Waals surface area contributed by atoms with E-state index in [4.69, 9.17) is 8.83 Å². The highest BCUT2D eigenvalue weighted by atomic mass is 16.6. The summed E-state index contributed by atoms with van der Waals surface area (Å²) in [4.78, 5) is 22.5. The molecule has 0 aromatic carbocycles. The van der Waals surface area contributed by atoms with Crippen molar-refractivity contribution in [3.8, 4) is 0 Å². The minimum absolute atomic E-state index is 0.364. The van der Waals surface area contributed by atoms with E-state index in [1.165, 1.54) is 12.5 Å². The van der Waals surface area contributed by atoms with E-state index in [0.717, 1.165) is 0 Å². The summed E-state index contributed by atoms with van der Waals surface area (Å²) in [6.45, 7) is 3.08. The molecule has 24 heavy (non-hydrogen) atoms. The summed E-state index contributed by atoms with van der Waals surface area (Å²) in [7, 11) is 0. The number of piperidine rings is 1. The molecule has 0 spiro atoms. The molecule has 0 radical (unpaired) electrons. The standard InChI is InChI=1S/C15H17N3O6/c1-15(2)13(17(19)20)11(9-5-3-7-23-9)16-12(14(15)18(21)22)10-6-4-8-24-10/h3-8,11-14,16H,1-2H3/t11-,12-,13+,14+/m0/s1. The van der Waals surface area contributed by atoms with Crippen LogP contribution in [0.25, 0.3) is 0 Å². The Balaban J connectivity index is 2.12. The number of nitrogens with one attached hydrogen (secondary N) is 1. The second-order valence-electron chi connectivity index (χ2n) is 6.43. The number of hydrogen-bond acceptors (Lipinski definition) is 7. The van der Waals surface area contributed by atoms with Crippen LogP contribution in [0.1, 0.15) is 37.5 Å². The first-order valence-electron chi connectivity index (χ1n) is 7.44. The molecule has 2 aromatic heterocycles. The van der Waals surface area contributed by atoms with Gasteiger partial charge < -0.3 is 8.83 Å². The molecule has 1 aliphatic heterocycles. The third-order valence-electron chi connectivity index (χ3n) is 4.67. The number of hydrogen-bond donors (Lipinski definition) is 1. The van der Waals surface area contributed by atoms with Crippen molar-refractivity contribution >= 4 is 0 Å². The minimum atomic E-state index is -1.24. The van der Waals surface area contributed by atoms with Crippen molar-refractivity contribution in [1.82, 2.24) is 5.32 Å². The molecule has 9 heteroatoms. The Morgan fingerprint density at radius 2 is 1.38 bits per heavy atom. The van der Waals surface area contributed by atoms with Crippen molar-refractivity contribution in [2.45, 2.75) is 38.0 Å². The monoisotopic (exact) mass is 335 g/mol. The molecule has 1 N–H and O–H groups in total. The van der Waals surface area contributed by atoms with Gasteiger partial charge in [0.2, 0.25) is 12.1 Å². The predicted molar refractivity (Wildman–Crippen MR) is 81.4 cm³/mol. The van der Waals surface area contributed by atoms with Gasteiger partial charge in [-0.05, 0) is 38.1 Å². The van der Waals surface area contributed by atoms with Gasteiger partial charge in [0.15, 0.2) is 0 Å². The zero-order chi connectivity index (χ0) is 17.5. The van der Waals surface area contributed by atoms with Gasteiger partial charge in [-0.15, -0.1) is 0 Å². The highest BCUT2D eigenvalue weighted by Gasteiger charge is 2.64. The van der Waals surface area contributed by atoms with Gasteiger partial charge in [0, 0.05) is 9.85 Å². The zero-order valence-corrected chi connectivity index (χ0v) is 13.1. The lowest BCUT2D eigenvalue weighted by Crippen LogP contribution is -2.63. The highest BCUT2D eigenvalue weighted by molar-refractivity contribution is 5.18. The summed E-state index contributed by atoms with van der Waals surface area (Å²) in [5.74, 6) is 0.728. The molecule has 1 fully saturated rings. The molecular weight excluding hydrogens is 318 g/mol. The average molecular weight is 335 g/mol. The van der Waals surface area contributed by atoms with Crippen LogP contribution in [0.4, 0.5) is 0 Å². The van der Waals surface area contributed by atoms with Crippen molar-refractivity contribution in [3.05, 3.63) is 68.5 Å². The van der Waals surface area contributed by atoms with Gasteiger partial charge in [0.1, 0.15) is 29.0 Å². The molecular formula is C15H17N3O6. The molecule has 2 aromatic rings. The Morgan fingerprint density at radius 1 is 0.958 bits per heavy atom. The van der Waals surface area contributed by atoms with Gasteiger partial charge in [-0.1, -0.05) is 0 Å². The van der Waals surface area contributed by atoms with E-state index in [1.54, 1.807) is 38.1 Å². The van der Waals surface area contributed by atoms with Gasteiger partial charge in [-0.25, -0.2) is 0 Å². The van der Waals surface area contributed by atoms with Crippen LogP contribution in [0.15, 0.2) is 45.6 Å². The Labute approximate surface area is 136 Å². The largest absolute Gasteiger partial charge is 0.467 e. The smallest absolute Gasteiger partial charge is 0.247 e. The summed E-state index contributed by atoms with van der Waals surface area (Å²) in [5, 5.41) is 26.4. The molecule has 0 bridgehead atoms. The first-order valence-corrected chi connectivity index (χ1v) is 7.44. The van der Waals surface area contributed by atoms with Gasteiger partial charge in [-0.2, -0.15) is 0 Å². The van der Waals surface area contributed by atoms with Crippen LogP contribution in [-0.2, 0) is 0 Å². The van der Waals surface area contributed by atoms with E-state index >= 15 is 0 Å². The van der Waals surface area contributed by atoms with E-state index in [9.17, 15) is 20.2 Å². The number of nitro groups is 2. The third-order valence-corrected chi connectivity index (χ3v) is 4.67. The molecule has 0 amide bonds. The predicted octanol–water partition coefficient (Wildman–Crippen LogP) is 2.58. The second-order valence-corrected chi connectivity index (χ2v) is 6.43. The van der Waals surface area contributed by atoms with Gasteiger partial charge in [0.05, 0.1) is 12.5 Å². The van der Waals surface area contributed by atoms with Crippen LogP contribution in [-0.4, -0.2) is 21.9 Å². The molecule has 0 unspecified atom stereocenters. The maximum absolute atomic E-state index is 11.7. The fourth-order valence-corrected chi connectivity index (χ4v) is 3.61. The van der Waals surface area contributed by atoms with Crippen molar-refractivity contribution < 1.29 is 18.7 Å². The van der Waals surface area contributed by atoms with Crippen LogP contribution >= 0.6 is 0 Å². The molecule has 128 valence electrons. The van der Waals surface area contributed by atoms with E-state index in [1.807, 2.05) is 0 Å². The van der Waals surface area contributed by atoms with Crippen molar-refractivity contribution in [1.29, 1.82) is 0 Å². The third kappa shape index (κ3) is 2.46. The van der Waals surface area contributed by atoms with Crippen LogP contribution in [0.3, 0.4) is 0 Å². The van der Waals surface area contributed by atoms with Crippen LogP contribution in [0.2, 0.25) is 0 Å². The van der Waals surface area contributed by atoms with E-state index in [-0.39, 0.29) is 0 Å². The first-order chi connectivity index (χ1) is 11.3. The second kappa shape index (κ2) is 5.75. The summed E-state index contributed by atoms with van der Waals surface area (Å²) >= 11 is 0. The maximum Gasteiger partial charge on any atom is 0.247 e. The molecule has 9 nitrogen and oxygen atoms in total. The molecule has 0 aliphatic carbocycles. The van der Waals surface area contributed by atoms with Crippen molar-refractivity contribution in [2.75, 3.05) is 0 Å². The quantitative estimate of drug-likeness (QED) is 0.672. The molecule has 3 rings (SSSR count). The molecule has 1 aliphatic rings. The van der Waals surface area contributed by atoms with Crippen molar-refractivity contribution in [3.63, 3.8) is 0 Å².